The standard InChI is InChI=1S/C21H27FN4OS/c1-27-20-9-5-18(6-10-20)24-21(28)23-11-2-12-25-13-15-26(16-14-25)19-7-3-17(22)4-8-19/h3-10H,2,11-16H2,1H3,(H2,23,24,28). The monoisotopic (exact) mass is 402 g/mol. The molecule has 1 aliphatic rings. The number of benzene rings is 2. The Labute approximate surface area is 171 Å². The molecule has 0 bridgehead atoms. The third kappa shape index (κ3) is 6.07. The minimum atomic E-state index is -0.186. The van der Waals surface area contributed by atoms with E-state index in [1.54, 1.807) is 7.11 Å². The van der Waals surface area contributed by atoms with E-state index in [9.17, 15) is 4.39 Å². The van der Waals surface area contributed by atoms with Crippen molar-refractivity contribution >= 4 is 28.7 Å². The number of hydrogen-bond donors (Lipinski definition) is 2. The Kier molecular flexibility index (Phi) is 7.45. The molecule has 0 atom stereocenters. The van der Waals surface area contributed by atoms with Gasteiger partial charge in [0.2, 0.25) is 0 Å². The van der Waals surface area contributed by atoms with Crippen molar-refractivity contribution in [2.75, 3.05) is 56.6 Å². The third-order valence-electron chi connectivity index (χ3n) is 4.85. The van der Waals surface area contributed by atoms with Crippen LogP contribution in [-0.2, 0) is 0 Å². The molecule has 2 N–H and O–H groups in total. The van der Waals surface area contributed by atoms with Gasteiger partial charge in [0.05, 0.1) is 7.11 Å². The smallest absolute Gasteiger partial charge is 0.170 e. The van der Waals surface area contributed by atoms with E-state index in [2.05, 4.69) is 20.4 Å². The first-order chi connectivity index (χ1) is 13.6. The molecule has 1 saturated heterocycles. The van der Waals surface area contributed by atoms with E-state index in [-0.39, 0.29) is 5.82 Å². The van der Waals surface area contributed by atoms with Crippen molar-refractivity contribution in [3.63, 3.8) is 0 Å². The summed E-state index contributed by atoms with van der Waals surface area (Å²) in [7, 11) is 1.65. The van der Waals surface area contributed by atoms with E-state index in [1.807, 2.05) is 36.4 Å². The molecule has 3 rings (SSSR count). The van der Waals surface area contributed by atoms with Crippen molar-refractivity contribution in [3.8, 4) is 5.75 Å². The van der Waals surface area contributed by atoms with E-state index >= 15 is 0 Å². The molecule has 1 aliphatic heterocycles. The first-order valence-corrected chi connectivity index (χ1v) is 9.96. The Morgan fingerprint density at radius 1 is 1.04 bits per heavy atom. The van der Waals surface area contributed by atoms with Crippen molar-refractivity contribution in [3.05, 3.63) is 54.3 Å². The molecule has 1 heterocycles. The topological polar surface area (TPSA) is 39.8 Å². The summed E-state index contributed by atoms with van der Waals surface area (Å²) >= 11 is 5.35. The number of anilines is 2. The van der Waals surface area contributed by atoms with Gasteiger partial charge in [-0.3, -0.25) is 4.90 Å². The molecule has 0 aromatic heterocycles. The van der Waals surface area contributed by atoms with Crippen LogP contribution < -0.4 is 20.3 Å². The average Bonchev–Trinajstić information content (AvgIpc) is 2.73. The molecule has 5 nitrogen and oxygen atoms in total. The predicted molar refractivity (Wildman–Crippen MR) is 117 cm³/mol. The molecule has 0 amide bonds. The van der Waals surface area contributed by atoms with E-state index in [0.29, 0.717) is 5.11 Å². The van der Waals surface area contributed by atoms with Gasteiger partial charge in [-0.05, 0) is 73.7 Å². The van der Waals surface area contributed by atoms with Gasteiger partial charge in [0.1, 0.15) is 11.6 Å². The molecule has 0 unspecified atom stereocenters. The Balaban J connectivity index is 1.30. The van der Waals surface area contributed by atoms with Gasteiger partial charge < -0.3 is 20.3 Å². The molecule has 0 spiro atoms. The second-order valence-electron chi connectivity index (χ2n) is 6.77. The summed E-state index contributed by atoms with van der Waals surface area (Å²) in [6, 6.07) is 14.4. The molecule has 0 saturated carbocycles. The highest BCUT2D eigenvalue weighted by Crippen LogP contribution is 2.17. The molecule has 150 valence electrons. The molecule has 2 aromatic carbocycles. The van der Waals surface area contributed by atoms with Crippen LogP contribution in [0.3, 0.4) is 0 Å². The van der Waals surface area contributed by atoms with Gasteiger partial charge >= 0.3 is 0 Å². The zero-order valence-electron chi connectivity index (χ0n) is 16.2. The van der Waals surface area contributed by atoms with E-state index in [1.165, 1.54) is 12.1 Å². The average molecular weight is 403 g/mol. The van der Waals surface area contributed by atoms with E-state index in [4.69, 9.17) is 17.0 Å². The Hall–Kier alpha value is -2.38. The molecule has 2 aromatic rings. The fraction of sp³-hybridized carbons (Fsp3) is 0.381. The summed E-state index contributed by atoms with van der Waals surface area (Å²) in [6.07, 6.45) is 1.03. The number of rotatable bonds is 7. The van der Waals surface area contributed by atoms with Gasteiger partial charge in [0.25, 0.3) is 0 Å². The lowest BCUT2D eigenvalue weighted by Gasteiger charge is -2.36. The number of thiocarbonyl (C=S) groups is 1. The van der Waals surface area contributed by atoms with Crippen LogP contribution in [0.4, 0.5) is 15.8 Å². The number of halogens is 1. The van der Waals surface area contributed by atoms with Gasteiger partial charge in [-0.15, -0.1) is 0 Å². The highest BCUT2D eigenvalue weighted by atomic mass is 32.1. The second kappa shape index (κ2) is 10.2. The van der Waals surface area contributed by atoms with Gasteiger partial charge in [-0.2, -0.15) is 0 Å². The van der Waals surface area contributed by atoms with Crippen molar-refractivity contribution in [1.29, 1.82) is 0 Å². The van der Waals surface area contributed by atoms with Crippen LogP contribution in [0.15, 0.2) is 48.5 Å². The zero-order chi connectivity index (χ0) is 19.8. The van der Waals surface area contributed by atoms with Crippen molar-refractivity contribution in [2.45, 2.75) is 6.42 Å². The lowest BCUT2D eigenvalue weighted by molar-refractivity contribution is 0.255. The van der Waals surface area contributed by atoms with Crippen LogP contribution >= 0.6 is 12.2 Å². The molecule has 0 aliphatic carbocycles. The summed E-state index contributed by atoms with van der Waals surface area (Å²) in [4.78, 5) is 4.77. The van der Waals surface area contributed by atoms with Gasteiger partial charge in [0.15, 0.2) is 5.11 Å². The fourth-order valence-corrected chi connectivity index (χ4v) is 3.46. The molecular formula is C21H27FN4OS. The lowest BCUT2D eigenvalue weighted by Crippen LogP contribution is -2.47. The lowest BCUT2D eigenvalue weighted by atomic mass is 10.2. The summed E-state index contributed by atoms with van der Waals surface area (Å²) in [5, 5.41) is 7.06. The number of nitrogens with zero attached hydrogens (tertiary/aromatic N) is 2. The van der Waals surface area contributed by atoms with Crippen LogP contribution in [0, 0.1) is 5.82 Å². The SMILES string of the molecule is COc1ccc(NC(=S)NCCCN2CCN(c3ccc(F)cc3)CC2)cc1. The summed E-state index contributed by atoms with van der Waals surface area (Å²) < 4.78 is 18.2. The summed E-state index contributed by atoms with van der Waals surface area (Å²) in [6.45, 7) is 5.85. The number of ether oxygens (including phenoxy) is 1. The van der Waals surface area contributed by atoms with Crippen molar-refractivity contribution in [2.24, 2.45) is 0 Å². The minimum absolute atomic E-state index is 0.186. The minimum Gasteiger partial charge on any atom is -0.497 e. The maximum absolute atomic E-state index is 13.0. The first-order valence-electron chi connectivity index (χ1n) is 9.56. The van der Waals surface area contributed by atoms with Crippen LogP contribution in [0.1, 0.15) is 6.42 Å². The fourth-order valence-electron chi connectivity index (χ4n) is 3.24. The summed E-state index contributed by atoms with van der Waals surface area (Å²) in [5.41, 5.74) is 2.04. The van der Waals surface area contributed by atoms with Gasteiger partial charge in [-0.1, -0.05) is 0 Å². The van der Waals surface area contributed by atoms with Crippen molar-refractivity contribution in [1.82, 2.24) is 10.2 Å². The number of nitrogens with one attached hydrogen (secondary N) is 2. The van der Waals surface area contributed by atoms with E-state index in [0.717, 1.165) is 62.8 Å². The van der Waals surface area contributed by atoms with Gasteiger partial charge in [-0.25, -0.2) is 4.39 Å². The highest BCUT2D eigenvalue weighted by Gasteiger charge is 2.16. The van der Waals surface area contributed by atoms with Crippen LogP contribution in [0.2, 0.25) is 0 Å². The van der Waals surface area contributed by atoms with Crippen LogP contribution in [0.5, 0.6) is 5.75 Å². The van der Waals surface area contributed by atoms with E-state index < -0.39 is 0 Å². The van der Waals surface area contributed by atoms with Crippen LogP contribution in [0.25, 0.3) is 0 Å². The summed E-state index contributed by atoms with van der Waals surface area (Å²) in [5.74, 6) is 0.637. The maximum Gasteiger partial charge on any atom is 0.170 e. The quantitative estimate of drug-likeness (QED) is 0.547. The number of hydrogen-bond acceptors (Lipinski definition) is 4. The number of piperazine rings is 1. The molecular weight excluding hydrogens is 375 g/mol. The molecule has 0 radical (unpaired) electrons. The predicted octanol–water partition coefficient (Wildman–Crippen LogP) is 3.33. The molecule has 7 heteroatoms. The largest absolute Gasteiger partial charge is 0.497 e. The number of methoxy groups -OCH3 is 1. The second-order valence-corrected chi connectivity index (χ2v) is 7.18. The third-order valence-corrected chi connectivity index (χ3v) is 5.10. The molecule has 28 heavy (non-hydrogen) atoms. The van der Waals surface area contributed by atoms with Crippen LogP contribution in [-0.4, -0.2) is 56.4 Å². The Morgan fingerprint density at radius 3 is 2.36 bits per heavy atom. The Morgan fingerprint density at radius 2 is 1.71 bits per heavy atom. The van der Waals surface area contributed by atoms with Gasteiger partial charge in [0, 0.05) is 44.1 Å². The first kappa shape index (κ1) is 20.4. The maximum atomic E-state index is 13.0. The Bertz CT molecular complexity index is 746. The van der Waals surface area contributed by atoms with Crippen molar-refractivity contribution < 1.29 is 9.13 Å². The zero-order valence-corrected chi connectivity index (χ0v) is 17.0. The highest BCUT2D eigenvalue weighted by molar-refractivity contribution is 7.80. The normalized spacial score (nSPS) is 14.6. The molecule has 1 fully saturated rings.